The average molecular weight is 933 g/mol. The van der Waals surface area contributed by atoms with Crippen molar-refractivity contribution in [3.05, 3.63) is 0 Å². The Hall–Kier alpha value is -3.18. The quantitative estimate of drug-likeness (QED) is 0.129. The molecule has 0 aromatic carbocycles. The maximum absolute atomic E-state index is 12.7. The summed E-state index contributed by atoms with van der Waals surface area (Å²) in [5, 5.41) is 8.47. The normalized spacial score (nSPS) is 30.0. The topological polar surface area (TPSA) is 169 Å². The molecule has 0 aromatic heterocycles. The molecular weight excluding hydrogens is 841 g/mol. The highest BCUT2D eigenvalue weighted by atomic mass is 16.6. The summed E-state index contributed by atoms with van der Waals surface area (Å²) in [7, 11) is 0. The Kier molecular flexibility index (Phi) is 18.7. The van der Waals surface area contributed by atoms with Crippen LogP contribution in [-0.4, -0.2) is 69.9 Å². The van der Waals surface area contributed by atoms with E-state index in [0.29, 0.717) is 6.42 Å². The number of carboxylic acid groups (broad SMARTS) is 1. The monoisotopic (exact) mass is 933 g/mol. The molecule has 66 heavy (non-hydrogen) atoms. The minimum Gasteiger partial charge on any atom is -0.481 e. The van der Waals surface area contributed by atoms with Gasteiger partial charge in [-0.05, 0) is 190 Å². The van der Waals surface area contributed by atoms with Gasteiger partial charge in [0.1, 0.15) is 23.4 Å². The zero-order chi connectivity index (χ0) is 50.6. The van der Waals surface area contributed by atoms with Crippen LogP contribution in [0, 0.1) is 63.1 Å². The molecule has 7 aliphatic carbocycles. The first-order valence-corrected chi connectivity index (χ1v) is 25.5. The van der Waals surface area contributed by atoms with Crippen LogP contribution in [0.2, 0.25) is 0 Å². The Balaban J connectivity index is 0.000000241. The van der Waals surface area contributed by atoms with Crippen molar-refractivity contribution in [2.24, 2.45) is 63.1 Å². The molecule has 1 N–H and O–H groups in total. The fourth-order valence-corrected chi connectivity index (χ4v) is 10.7. The van der Waals surface area contributed by atoms with E-state index in [1.807, 2.05) is 83.1 Å². The molecule has 7 saturated carbocycles. The molecular formula is C54H92O12. The highest BCUT2D eigenvalue weighted by Crippen LogP contribution is 2.60. The zero-order valence-electron chi connectivity index (χ0n) is 44.5. The van der Waals surface area contributed by atoms with Crippen molar-refractivity contribution < 1.29 is 57.6 Å². The van der Waals surface area contributed by atoms with Gasteiger partial charge < -0.3 is 28.8 Å². The van der Waals surface area contributed by atoms with Crippen LogP contribution in [0.3, 0.4) is 0 Å². The van der Waals surface area contributed by atoms with Crippen molar-refractivity contribution in [2.75, 3.05) is 0 Å². The van der Waals surface area contributed by atoms with Gasteiger partial charge >= 0.3 is 35.8 Å². The fourth-order valence-electron chi connectivity index (χ4n) is 10.7. The maximum atomic E-state index is 12.7. The zero-order valence-corrected chi connectivity index (χ0v) is 44.5. The lowest BCUT2D eigenvalue weighted by atomic mass is 9.54. The first-order valence-electron chi connectivity index (χ1n) is 25.5. The molecule has 12 nitrogen and oxygen atoms in total. The molecule has 380 valence electrons. The summed E-state index contributed by atoms with van der Waals surface area (Å²) in [6.07, 6.45) is 12.6. The average Bonchev–Trinajstić information content (AvgIpc) is 3.49. The second-order valence-electron chi connectivity index (χ2n) is 24.8. The number of rotatable bonds is 14. The number of carbonyl (C=O) groups is 6. The van der Waals surface area contributed by atoms with Crippen LogP contribution in [0.1, 0.15) is 215 Å². The van der Waals surface area contributed by atoms with E-state index in [1.165, 1.54) is 19.3 Å². The number of hydrogen-bond acceptors (Lipinski definition) is 11. The van der Waals surface area contributed by atoms with Gasteiger partial charge in [-0.15, -0.1) is 0 Å². The van der Waals surface area contributed by atoms with Crippen molar-refractivity contribution in [3.63, 3.8) is 0 Å². The van der Waals surface area contributed by atoms with Gasteiger partial charge in [-0.3, -0.25) is 28.8 Å². The molecule has 8 fully saturated rings. The largest absolute Gasteiger partial charge is 0.481 e. The minimum atomic E-state index is -0.959. The molecule has 12 heteroatoms. The van der Waals surface area contributed by atoms with Crippen LogP contribution in [0.15, 0.2) is 0 Å². The van der Waals surface area contributed by atoms with Crippen LogP contribution in [0.5, 0.6) is 0 Å². The Labute approximate surface area is 398 Å². The molecule has 0 spiro atoms. The number of carbonyl (C=O) groups excluding carboxylic acids is 5. The summed E-state index contributed by atoms with van der Waals surface area (Å²) in [6, 6.07) is 0. The van der Waals surface area contributed by atoms with E-state index in [1.54, 1.807) is 20.8 Å². The van der Waals surface area contributed by atoms with Crippen LogP contribution in [0.4, 0.5) is 0 Å². The molecule has 0 amide bonds. The van der Waals surface area contributed by atoms with Crippen LogP contribution in [-0.2, 0) is 52.5 Å². The molecule has 0 aromatic rings. The Bertz CT molecular complexity index is 1680. The summed E-state index contributed by atoms with van der Waals surface area (Å²) in [5.41, 5.74) is -2.78. The summed E-state index contributed by atoms with van der Waals surface area (Å²) >= 11 is 0. The van der Waals surface area contributed by atoms with Crippen LogP contribution >= 0.6 is 0 Å². The van der Waals surface area contributed by atoms with Gasteiger partial charge in [0.25, 0.3) is 0 Å². The predicted molar refractivity (Wildman–Crippen MR) is 255 cm³/mol. The van der Waals surface area contributed by atoms with Gasteiger partial charge in [-0.1, -0.05) is 41.5 Å². The van der Waals surface area contributed by atoms with Gasteiger partial charge in [0.2, 0.25) is 0 Å². The van der Waals surface area contributed by atoms with Gasteiger partial charge in [-0.25, -0.2) is 0 Å². The number of ether oxygens (including phenoxy) is 5. The van der Waals surface area contributed by atoms with Gasteiger partial charge in [0, 0.05) is 11.8 Å². The highest BCUT2D eigenvalue weighted by molar-refractivity contribution is 5.79. The van der Waals surface area contributed by atoms with Crippen molar-refractivity contribution in [1.29, 1.82) is 0 Å². The molecule has 6 atom stereocenters. The lowest BCUT2D eigenvalue weighted by molar-refractivity contribution is -0.230. The van der Waals surface area contributed by atoms with E-state index in [0.717, 1.165) is 75.5 Å². The van der Waals surface area contributed by atoms with E-state index in [9.17, 15) is 28.8 Å². The number of aliphatic carboxylic acids is 1. The van der Waals surface area contributed by atoms with Gasteiger partial charge in [0.15, 0.2) is 5.60 Å². The first kappa shape index (κ1) is 57.1. The van der Waals surface area contributed by atoms with E-state index in [-0.39, 0.29) is 88.1 Å². The molecule has 1 saturated heterocycles. The molecule has 1 aliphatic heterocycles. The van der Waals surface area contributed by atoms with Crippen LogP contribution < -0.4 is 0 Å². The first-order chi connectivity index (χ1) is 30.1. The van der Waals surface area contributed by atoms with Crippen molar-refractivity contribution in [1.82, 2.24) is 0 Å². The van der Waals surface area contributed by atoms with E-state index >= 15 is 0 Å². The van der Waals surface area contributed by atoms with E-state index < -0.39 is 28.5 Å². The molecule has 1 heterocycles. The van der Waals surface area contributed by atoms with Crippen molar-refractivity contribution >= 4 is 35.8 Å². The SMILES string of the molecule is CCC(C)(C)C(=O)OC(C)(C)C.CCC(C)(C)C(=O)OC(C)CC(=O)O.CCC(C)(C)C(=O)OC1(C(C)C)C2CCC3C(C2)C(=O)OC31.CCC(C)(C)C(=O)OC12CC3CC(CC(C3)C1)C2. The standard InChI is InChI=1S/C18H28O4.C16H26O2.C10H18O4.C10H20O2/c1-6-17(4,5)16(20)22-18(10(2)3)11-7-8-12-13(9-11)15(19)21-14(12)18;1-4-15(2,3)14(17)18-16-8-11-5-12(9-16)7-13(6-11)10-16;1-5-10(3,4)9(13)14-7(2)6-8(11)12;1-7-10(5,6)8(11)12-9(2,3)4/h10-14H,6-9H2,1-5H3;11-13H,4-10H2,1-3H3;7H,5-6H2,1-4H3,(H,11,12);7H2,1-6H3. The second-order valence-corrected chi connectivity index (χ2v) is 24.8. The molecule has 0 radical (unpaired) electrons. The minimum absolute atomic E-state index is 0.0342. The number of carboxylic acids is 1. The highest BCUT2D eigenvalue weighted by Gasteiger charge is 2.68. The molecule has 6 unspecified atom stereocenters. The Morgan fingerprint density at radius 3 is 1.47 bits per heavy atom. The van der Waals surface area contributed by atoms with Crippen molar-refractivity contribution in [2.45, 2.75) is 244 Å². The van der Waals surface area contributed by atoms with E-state index in [2.05, 4.69) is 20.8 Å². The summed E-state index contributed by atoms with van der Waals surface area (Å²) in [4.78, 5) is 70.5. The summed E-state index contributed by atoms with van der Waals surface area (Å²) in [6.45, 7) is 34.6. The molecule has 8 rings (SSSR count). The Morgan fingerprint density at radius 2 is 1.06 bits per heavy atom. The summed E-state index contributed by atoms with van der Waals surface area (Å²) < 4.78 is 28.2. The second kappa shape index (κ2) is 21.6. The van der Waals surface area contributed by atoms with Gasteiger partial charge in [0.05, 0.1) is 34.0 Å². The number of hydrogen-bond donors (Lipinski definition) is 1. The molecule has 8 aliphatic rings. The smallest absolute Gasteiger partial charge is 0.312 e. The lowest BCUT2D eigenvalue weighted by Gasteiger charge is -2.56. The van der Waals surface area contributed by atoms with E-state index in [4.69, 9.17) is 28.8 Å². The predicted octanol–water partition coefficient (Wildman–Crippen LogP) is 11.9. The maximum Gasteiger partial charge on any atom is 0.312 e. The summed E-state index contributed by atoms with van der Waals surface area (Å²) in [5.74, 6) is 1.58. The van der Waals surface area contributed by atoms with Crippen molar-refractivity contribution in [3.8, 4) is 0 Å². The third-order valence-electron chi connectivity index (χ3n) is 16.3. The van der Waals surface area contributed by atoms with Crippen LogP contribution in [0.25, 0.3) is 0 Å². The van der Waals surface area contributed by atoms with Gasteiger partial charge in [-0.2, -0.15) is 0 Å². The molecule has 8 bridgehead atoms. The number of fused-ring (bicyclic) bond motifs is 1. The lowest BCUT2D eigenvalue weighted by Crippen LogP contribution is -2.64. The fraction of sp³-hybridized carbons (Fsp3) is 0.889. The third-order valence-corrected chi connectivity index (χ3v) is 16.3. The third kappa shape index (κ3) is 13.7. The Morgan fingerprint density at radius 1 is 0.636 bits per heavy atom. The number of esters is 5.